The van der Waals surface area contributed by atoms with Gasteiger partial charge in [0.15, 0.2) is 0 Å². The molecule has 3 unspecified atom stereocenters. The fraction of sp³-hybridized carbons (Fsp3) is 0.606. The molecule has 3 fully saturated rings. The number of nitrogens with zero attached hydrogens (tertiary/aromatic N) is 3. The molecule has 3 aliphatic rings. The number of aliphatic hydroxyl groups is 1. The quantitative estimate of drug-likeness (QED) is 0.168. The molecule has 0 radical (unpaired) electrons. The number of aliphatic hydroxyl groups excluding tert-OH is 1. The van der Waals surface area contributed by atoms with Gasteiger partial charge in [-0.05, 0) is 76.1 Å². The van der Waals surface area contributed by atoms with E-state index in [-0.39, 0.29) is 35.6 Å². The lowest BCUT2D eigenvalue weighted by Crippen LogP contribution is -2.57. The van der Waals surface area contributed by atoms with Gasteiger partial charge in [0.2, 0.25) is 5.91 Å². The zero-order valence-electron chi connectivity index (χ0n) is 25.4. The molecule has 3 saturated heterocycles. The highest BCUT2D eigenvalue weighted by molar-refractivity contribution is 8.02. The van der Waals surface area contributed by atoms with Crippen LogP contribution in [-0.4, -0.2) is 83.2 Å². The molecular weight excluding hydrogens is 550 g/mol. The summed E-state index contributed by atoms with van der Waals surface area (Å²) >= 11 is 1.66. The minimum Gasteiger partial charge on any atom is -0.465 e. The molecule has 4 rings (SSSR count). The third kappa shape index (κ3) is 5.74. The SMILES string of the molecule is C=CCCCOC(=O)[C@@H]1[C@@H]2CC(C)C3(S2)C(C(=O)N(CC=C)c2ccc(N(CC)CC)cc2)N(CCCCO)C(=O)[C@H]13. The summed E-state index contributed by atoms with van der Waals surface area (Å²) in [5.41, 5.74) is 1.84. The number of amides is 2. The Bertz CT molecular complexity index is 1140. The lowest BCUT2D eigenvalue weighted by atomic mass is 9.66. The van der Waals surface area contributed by atoms with E-state index in [1.807, 2.05) is 24.3 Å². The van der Waals surface area contributed by atoms with Gasteiger partial charge in [-0.25, -0.2) is 0 Å². The number of allylic oxidation sites excluding steroid dienone is 1. The molecule has 0 saturated carbocycles. The van der Waals surface area contributed by atoms with E-state index < -0.39 is 22.6 Å². The third-order valence-corrected chi connectivity index (χ3v) is 11.3. The molecule has 1 aromatic rings. The number of hydrogen-bond donors (Lipinski definition) is 1. The first-order chi connectivity index (χ1) is 20.3. The number of hydrogen-bond acceptors (Lipinski definition) is 7. The average molecular weight is 598 g/mol. The van der Waals surface area contributed by atoms with E-state index in [0.717, 1.165) is 37.3 Å². The molecule has 8 nitrogen and oxygen atoms in total. The molecule has 1 N–H and O–H groups in total. The van der Waals surface area contributed by atoms with Crippen LogP contribution in [0.1, 0.15) is 52.9 Å². The van der Waals surface area contributed by atoms with E-state index >= 15 is 0 Å². The second-order valence-corrected chi connectivity index (χ2v) is 13.1. The van der Waals surface area contributed by atoms with Crippen molar-refractivity contribution in [1.82, 2.24) is 4.90 Å². The number of ether oxygens (including phenoxy) is 1. The van der Waals surface area contributed by atoms with Crippen molar-refractivity contribution in [3.05, 3.63) is 49.6 Å². The predicted molar refractivity (Wildman–Crippen MR) is 170 cm³/mol. The number of carbonyl (C=O) groups is 3. The summed E-state index contributed by atoms with van der Waals surface area (Å²) < 4.78 is 4.97. The van der Waals surface area contributed by atoms with Crippen LogP contribution in [-0.2, 0) is 19.1 Å². The number of likely N-dealkylation sites (tertiary alicyclic amines) is 1. The topological polar surface area (TPSA) is 90.4 Å². The maximum Gasteiger partial charge on any atom is 0.310 e. The van der Waals surface area contributed by atoms with Crippen molar-refractivity contribution >= 4 is 40.9 Å². The standard InChI is InChI=1S/C33H47N3O5S/c1-6-10-13-21-41-32(40)27-26-22-23(5)33(42-26)28(27)30(38)36(19-11-12-20-37)29(33)31(39)35(18-7-2)25-16-14-24(15-17-25)34(8-3)9-4/h6-7,14-17,23,26-29,37H,1-2,8-13,18-22H2,3-5H3/t23?,26-,27+,28-,29?,33?/m0/s1. The first-order valence-electron chi connectivity index (χ1n) is 15.4. The van der Waals surface area contributed by atoms with Gasteiger partial charge in [0.1, 0.15) is 6.04 Å². The normalized spacial score (nSPS) is 27.6. The Morgan fingerprint density at radius 3 is 2.43 bits per heavy atom. The average Bonchev–Trinajstić information content (AvgIpc) is 3.58. The lowest BCUT2D eigenvalue weighted by Gasteiger charge is -2.40. The molecule has 0 aliphatic carbocycles. The Morgan fingerprint density at radius 1 is 1.12 bits per heavy atom. The maximum atomic E-state index is 14.7. The zero-order valence-corrected chi connectivity index (χ0v) is 26.2. The van der Waals surface area contributed by atoms with E-state index in [1.54, 1.807) is 33.7 Å². The molecule has 0 aromatic heterocycles. The van der Waals surface area contributed by atoms with Crippen LogP contribution < -0.4 is 9.80 Å². The van der Waals surface area contributed by atoms with Crippen molar-refractivity contribution in [3.8, 4) is 0 Å². The van der Waals surface area contributed by atoms with Gasteiger partial charge in [0.25, 0.3) is 5.91 Å². The molecule has 3 aliphatic heterocycles. The molecule has 6 atom stereocenters. The van der Waals surface area contributed by atoms with E-state index in [0.29, 0.717) is 39.0 Å². The molecule has 1 spiro atoms. The minimum absolute atomic E-state index is 0.0174. The molecule has 230 valence electrons. The van der Waals surface area contributed by atoms with E-state index in [2.05, 4.69) is 38.8 Å². The van der Waals surface area contributed by atoms with Gasteiger partial charge in [-0.1, -0.05) is 19.1 Å². The van der Waals surface area contributed by atoms with Crippen LogP contribution in [0.15, 0.2) is 49.6 Å². The Morgan fingerprint density at radius 2 is 1.81 bits per heavy atom. The van der Waals surface area contributed by atoms with Crippen LogP contribution >= 0.6 is 11.8 Å². The van der Waals surface area contributed by atoms with Crippen LogP contribution in [0.3, 0.4) is 0 Å². The molecular formula is C33H47N3O5S. The summed E-state index contributed by atoms with van der Waals surface area (Å²) in [5.74, 6) is -1.73. The number of unbranched alkanes of at least 4 members (excludes halogenated alkanes) is 2. The van der Waals surface area contributed by atoms with Gasteiger partial charge < -0.3 is 24.5 Å². The Labute approximate surface area is 255 Å². The molecule has 9 heteroatoms. The highest BCUT2D eigenvalue weighted by atomic mass is 32.2. The van der Waals surface area contributed by atoms with E-state index in [4.69, 9.17) is 4.74 Å². The number of benzene rings is 1. The van der Waals surface area contributed by atoms with E-state index in [1.165, 1.54) is 0 Å². The van der Waals surface area contributed by atoms with Gasteiger partial charge in [0, 0.05) is 49.4 Å². The number of carbonyl (C=O) groups excluding carboxylic acids is 3. The van der Waals surface area contributed by atoms with Crippen LogP contribution in [0.25, 0.3) is 0 Å². The summed E-state index contributed by atoms with van der Waals surface area (Å²) in [6.45, 7) is 16.7. The van der Waals surface area contributed by atoms with Crippen molar-refractivity contribution in [1.29, 1.82) is 0 Å². The fourth-order valence-corrected chi connectivity index (χ4v) is 9.63. The van der Waals surface area contributed by atoms with Gasteiger partial charge in [-0.3, -0.25) is 14.4 Å². The summed E-state index contributed by atoms with van der Waals surface area (Å²) in [6, 6.07) is 7.26. The predicted octanol–water partition coefficient (Wildman–Crippen LogP) is 4.67. The number of thioether (sulfide) groups is 1. The van der Waals surface area contributed by atoms with Gasteiger partial charge >= 0.3 is 5.97 Å². The second kappa shape index (κ2) is 14.1. The number of rotatable bonds is 16. The first kappa shape index (κ1) is 32.1. The molecule has 42 heavy (non-hydrogen) atoms. The monoisotopic (exact) mass is 597 g/mol. The zero-order chi connectivity index (χ0) is 30.4. The second-order valence-electron chi connectivity index (χ2n) is 11.5. The van der Waals surface area contributed by atoms with Crippen molar-refractivity contribution < 1.29 is 24.2 Å². The molecule has 1 aromatic carbocycles. The first-order valence-corrected chi connectivity index (χ1v) is 16.3. The minimum atomic E-state index is -0.723. The summed E-state index contributed by atoms with van der Waals surface area (Å²) in [6.07, 6.45) is 6.83. The van der Waals surface area contributed by atoms with Gasteiger partial charge in [-0.2, -0.15) is 0 Å². The van der Waals surface area contributed by atoms with Crippen LogP contribution in [0.4, 0.5) is 11.4 Å². The van der Waals surface area contributed by atoms with Crippen molar-refractivity contribution in [2.45, 2.75) is 68.9 Å². The van der Waals surface area contributed by atoms with Crippen molar-refractivity contribution in [2.24, 2.45) is 17.8 Å². The smallest absolute Gasteiger partial charge is 0.310 e. The van der Waals surface area contributed by atoms with Gasteiger partial charge in [-0.15, -0.1) is 24.9 Å². The Balaban J connectivity index is 1.70. The number of fused-ring (bicyclic) bond motifs is 1. The van der Waals surface area contributed by atoms with E-state index in [9.17, 15) is 19.5 Å². The Hall–Kier alpha value is -2.78. The lowest BCUT2D eigenvalue weighted by molar-refractivity contribution is -0.154. The Kier molecular flexibility index (Phi) is 10.8. The number of esters is 1. The van der Waals surface area contributed by atoms with Crippen LogP contribution in [0.5, 0.6) is 0 Å². The largest absolute Gasteiger partial charge is 0.465 e. The molecule has 3 heterocycles. The van der Waals surface area contributed by atoms with Crippen molar-refractivity contribution in [3.63, 3.8) is 0 Å². The van der Waals surface area contributed by atoms with Crippen LogP contribution in [0.2, 0.25) is 0 Å². The highest BCUT2D eigenvalue weighted by Gasteiger charge is 2.76. The number of anilines is 2. The summed E-state index contributed by atoms with van der Waals surface area (Å²) in [5, 5.41) is 9.40. The van der Waals surface area contributed by atoms with Crippen molar-refractivity contribution in [2.75, 3.05) is 49.2 Å². The molecule has 2 amide bonds. The summed E-state index contributed by atoms with van der Waals surface area (Å²) in [4.78, 5) is 48.1. The van der Waals surface area contributed by atoms with Gasteiger partial charge in [0.05, 0.1) is 23.2 Å². The highest BCUT2D eigenvalue weighted by Crippen LogP contribution is 2.68. The van der Waals surface area contributed by atoms with Crippen LogP contribution in [0, 0.1) is 17.8 Å². The molecule has 2 bridgehead atoms. The maximum absolute atomic E-state index is 14.7. The fourth-order valence-electron chi connectivity index (χ4n) is 7.23. The summed E-state index contributed by atoms with van der Waals surface area (Å²) in [7, 11) is 0. The third-order valence-electron chi connectivity index (χ3n) is 9.22.